The molecule has 37 heavy (non-hydrogen) atoms. The summed E-state index contributed by atoms with van der Waals surface area (Å²) in [4.78, 5) is 41.2. The van der Waals surface area contributed by atoms with Crippen molar-refractivity contribution in [3.63, 3.8) is 0 Å². The van der Waals surface area contributed by atoms with E-state index in [9.17, 15) is 19.5 Å². The highest BCUT2D eigenvalue weighted by molar-refractivity contribution is 5.92. The summed E-state index contributed by atoms with van der Waals surface area (Å²) in [6.45, 7) is 9.56. The first kappa shape index (κ1) is 29.7. The summed E-state index contributed by atoms with van der Waals surface area (Å²) in [7, 11) is 1.55. The Labute approximate surface area is 220 Å². The van der Waals surface area contributed by atoms with Gasteiger partial charge in [-0.15, -0.1) is 0 Å². The van der Waals surface area contributed by atoms with Crippen molar-refractivity contribution in [2.75, 3.05) is 13.6 Å². The number of nitrogens with zero attached hydrogens (tertiary/aromatic N) is 1. The number of rotatable bonds is 11. The highest BCUT2D eigenvalue weighted by atomic mass is 16.6. The topological polar surface area (TPSA) is 108 Å². The predicted molar refractivity (Wildman–Crippen MR) is 144 cm³/mol. The molecule has 2 rings (SSSR count). The summed E-state index contributed by atoms with van der Waals surface area (Å²) in [5.41, 5.74) is 1.27. The quantitative estimate of drug-likeness (QED) is 0.381. The fourth-order valence-corrected chi connectivity index (χ4v) is 3.96. The van der Waals surface area contributed by atoms with Crippen molar-refractivity contribution in [3.8, 4) is 5.75 Å². The Balaban J connectivity index is 2.37. The van der Waals surface area contributed by atoms with Crippen molar-refractivity contribution < 1.29 is 24.2 Å². The Morgan fingerprint density at radius 1 is 1.05 bits per heavy atom. The number of carbonyl (C=O) groups is 3. The van der Waals surface area contributed by atoms with Gasteiger partial charge in [-0.2, -0.15) is 0 Å². The molecule has 202 valence electrons. The van der Waals surface area contributed by atoms with E-state index in [1.165, 1.54) is 11.0 Å². The van der Waals surface area contributed by atoms with E-state index in [4.69, 9.17) is 4.74 Å². The number of nitrogens with one attached hydrogen (secondary N) is 2. The van der Waals surface area contributed by atoms with Crippen LogP contribution < -0.4 is 10.6 Å². The number of aryl methyl sites for hydroxylation is 1. The molecule has 0 aliphatic heterocycles. The van der Waals surface area contributed by atoms with Crippen LogP contribution in [0.4, 0.5) is 4.79 Å². The van der Waals surface area contributed by atoms with Gasteiger partial charge in [0.05, 0.1) is 0 Å². The lowest BCUT2D eigenvalue weighted by molar-refractivity contribution is -0.140. The van der Waals surface area contributed by atoms with Crippen LogP contribution in [0.2, 0.25) is 0 Å². The molecule has 0 aromatic heterocycles. The summed E-state index contributed by atoms with van der Waals surface area (Å²) in [6.07, 6.45) is 2.35. The number of unbranched alkanes of at least 4 members (excludes halogenated alkanes) is 2. The van der Waals surface area contributed by atoms with Gasteiger partial charge in [-0.25, -0.2) is 4.79 Å². The first-order valence-corrected chi connectivity index (χ1v) is 12.8. The molecule has 0 aliphatic rings. The molecule has 0 bridgehead atoms. The third-order valence-electron chi connectivity index (χ3n) is 5.87. The van der Waals surface area contributed by atoms with Crippen molar-refractivity contribution in [1.82, 2.24) is 15.5 Å². The molecule has 0 fully saturated rings. The summed E-state index contributed by atoms with van der Waals surface area (Å²) in [5, 5.41) is 15.7. The third kappa shape index (κ3) is 9.44. The van der Waals surface area contributed by atoms with E-state index in [1.54, 1.807) is 46.9 Å². The van der Waals surface area contributed by atoms with E-state index in [-0.39, 0.29) is 18.1 Å². The highest BCUT2D eigenvalue weighted by Gasteiger charge is 2.34. The van der Waals surface area contributed by atoms with Gasteiger partial charge in [-0.1, -0.05) is 56.2 Å². The Morgan fingerprint density at radius 3 is 2.32 bits per heavy atom. The van der Waals surface area contributed by atoms with Crippen LogP contribution in [0.5, 0.6) is 5.75 Å². The molecule has 3 amide bonds. The van der Waals surface area contributed by atoms with Crippen molar-refractivity contribution in [2.24, 2.45) is 0 Å². The van der Waals surface area contributed by atoms with Crippen LogP contribution in [0, 0.1) is 6.92 Å². The molecule has 2 unspecified atom stereocenters. The van der Waals surface area contributed by atoms with Crippen LogP contribution in [0.3, 0.4) is 0 Å². The summed E-state index contributed by atoms with van der Waals surface area (Å²) in [5.74, 6) is -0.657. The van der Waals surface area contributed by atoms with E-state index in [1.807, 2.05) is 30.3 Å². The van der Waals surface area contributed by atoms with Crippen molar-refractivity contribution >= 4 is 17.9 Å². The number of carbonyl (C=O) groups excluding carboxylic acids is 3. The average molecular weight is 512 g/mol. The standard InChI is InChI=1S/C29H41N3O5/c1-7-8-12-17-30-26(34)25(22-15-16-24(33)20(2)18-22)32(6)27(35)23(19-21-13-10-9-11-14-21)31-28(36)37-29(3,4)5/h9-11,13-16,18,23,25,33H,7-8,12,17,19H2,1-6H3,(H,30,34)(H,31,36). The number of alkyl carbamates (subject to hydrolysis) is 1. The van der Waals surface area contributed by atoms with E-state index >= 15 is 0 Å². The highest BCUT2D eigenvalue weighted by Crippen LogP contribution is 2.26. The normalized spacial score (nSPS) is 12.8. The van der Waals surface area contributed by atoms with Gasteiger partial charge in [-0.3, -0.25) is 9.59 Å². The maximum atomic E-state index is 13.8. The molecule has 8 nitrogen and oxygen atoms in total. The van der Waals surface area contributed by atoms with E-state index in [0.717, 1.165) is 24.8 Å². The molecule has 2 aromatic rings. The molecule has 2 aromatic carbocycles. The lowest BCUT2D eigenvalue weighted by Crippen LogP contribution is -2.52. The molecule has 0 aliphatic carbocycles. The second-order valence-corrected chi connectivity index (χ2v) is 10.3. The third-order valence-corrected chi connectivity index (χ3v) is 5.87. The number of likely N-dealkylation sites (N-methyl/N-ethyl adjacent to an activating group) is 1. The molecule has 2 atom stereocenters. The molecule has 0 saturated heterocycles. The van der Waals surface area contributed by atoms with Gasteiger partial charge >= 0.3 is 6.09 Å². The van der Waals surface area contributed by atoms with Crippen LogP contribution in [0.1, 0.15) is 69.7 Å². The number of benzene rings is 2. The van der Waals surface area contributed by atoms with Crippen LogP contribution in [0.15, 0.2) is 48.5 Å². The number of hydrogen-bond acceptors (Lipinski definition) is 5. The molecular weight excluding hydrogens is 470 g/mol. The van der Waals surface area contributed by atoms with Gasteiger partial charge in [0.15, 0.2) is 0 Å². The van der Waals surface area contributed by atoms with Crippen molar-refractivity contribution in [2.45, 2.75) is 78.0 Å². The molecule has 8 heteroatoms. The monoisotopic (exact) mass is 511 g/mol. The lowest BCUT2D eigenvalue weighted by atomic mass is 9.99. The van der Waals surface area contributed by atoms with E-state index < -0.39 is 29.7 Å². The molecular formula is C29H41N3O5. The zero-order valence-electron chi connectivity index (χ0n) is 22.8. The van der Waals surface area contributed by atoms with Crippen LogP contribution in [-0.4, -0.2) is 53.1 Å². The molecule has 0 spiro atoms. The van der Waals surface area contributed by atoms with Crippen LogP contribution in [-0.2, 0) is 20.7 Å². The predicted octanol–water partition coefficient (Wildman–Crippen LogP) is 4.64. The Kier molecular flexibility index (Phi) is 11.0. The largest absolute Gasteiger partial charge is 0.508 e. The average Bonchev–Trinajstić information content (AvgIpc) is 2.82. The van der Waals surface area contributed by atoms with Crippen LogP contribution in [0.25, 0.3) is 0 Å². The fourth-order valence-electron chi connectivity index (χ4n) is 3.96. The maximum Gasteiger partial charge on any atom is 0.408 e. The number of amides is 3. The zero-order valence-corrected chi connectivity index (χ0v) is 22.8. The number of hydrogen-bond donors (Lipinski definition) is 3. The fraction of sp³-hybridized carbons (Fsp3) is 0.483. The van der Waals surface area contributed by atoms with Gasteiger partial charge in [0.25, 0.3) is 0 Å². The van der Waals surface area contributed by atoms with Gasteiger partial charge in [-0.05, 0) is 62.9 Å². The van der Waals surface area contributed by atoms with Crippen LogP contribution >= 0.6 is 0 Å². The first-order chi connectivity index (χ1) is 17.4. The number of aromatic hydroxyl groups is 1. The van der Waals surface area contributed by atoms with E-state index in [0.29, 0.717) is 17.7 Å². The summed E-state index contributed by atoms with van der Waals surface area (Å²) in [6, 6.07) is 12.3. The van der Waals surface area contributed by atoms with Crippen molar-refractivity contribution in [1.29, 1.82) is 0 Å². The molecule has 3 N–H and O–H groups in total. The van der Waals surface area contributed by atoms with Gasteiger partial charge in [0, 0.05) is 20.0 Å². The maximum absolute atomic E-state index is 13.8. The second-order valence-electron chi connectivity index (χ2n) is 10.3. The van der Waals surface area contributed by atoms with Gasteiger partial charge < -0.3 is 25.4 Å². The molecule has 0 radical (unpaired) electrons. The second kappa shape index (κ2) is 13.7. The number of phenolic OH excluding ortho intramolecular Hbond substituents is 1. The minimum atomic E-state index is -0.962. The minimum Gasteiger partial charge on any atom is -0.508 e. The Morgan fingerprint density at radius 2 is 1.73 bits per heavy atom. The lowest BCUT2D eigenvalue weighted by Gasteiger charge is -2.32. The SMILES string of the molecule is CCCCCNC(=O)C(c1ccc(O)c(C)c1)N(C)C(=O)C(Cc1ccccc1)NC(=O)OC(C)(C)C. The van der Waals surface area contributed by atoms with Gasteiger partial charge in [0.2, 0.25) is 11.8 Å². The molecule has 0 saturated carbocycles. The smallest absolute Gasteiger partial charge is 0.408 e. The zero-order chi connectivity index (χ0) is 27.6. The summed E-state index contributed by atoms with van der Waals surface area (Å²) >= 11 is 0. The summed E-state index contributed by atoms with van der Waals surface area (Å²) < 4.78 is 5.41. The van der Waals surface area contributed by atoms with E-state index in [2.05, 4.69) is 17.6 Å². The Hall–Kier alpha value is -3.55. The van der Waals surface area contributed by atoms with Gasteiger partial charge in [0.1, 0.15) is 23.4 Å². The molecule has 0 heterocycles. The Bertz CT molecular complexity index is 1050. The number of ether oxygens (including phenoxy) is 1. The first-order valence-electron chi connectivity index (χ1n) is 12.8. The number of phenols is 1. The van der Waals surface area contributed by atoms with Crippen molar-refractivity contribution in [3.05, 3.63) is 65.2 Å². The minimum absolute atomic E-state index is 0.105.